The quantitative estimate of drug-likeness (QED) is 0.204. The number of alkyl halides is 3. The Balaban J connectivity index is 1.85. The van der Waals surface area contributed by atoms with E-state index in [1.807, 2.05) is 5.32 Å². The third-order valence-electron chi connectivity index (χ3n) is 4.80. The van der Waals surface area contributed by atoms with Crippen molar-refractivity contribution in [2.75, 3.05) is 11.9 Å². The van der Waals surface area contributed by atoms with Gasteiger partial charge in [0.1, 0.15) is 23.5 Å². The third-order valence-corrected chi connectivity index (χ3v) is 4.80. The number of aliphatic hydroxyl groups is 1. The predicted octanol–water partition coefficient (Wildman–Crippen LogP) is 2.13. The first-order valence-electron chi connectivity index (χ1n) is 9.96. The van der Waals surface area contributed by atoms with Crippen LogP contribution in [0.1, 0.15) is 17.1 Å². The lowest BCUT2D eigenvalue weighted by Gasteiger charge is -2.27. The van der Waals surface area contributed by atoms with Gasteiger partial charge in [-0.2, -0.15) is 13.2 Å². The second-order valence-corrected chi connectivity index (χ2v) is 7.27. The highest BCUT2D eigenvalue weighted by Gasteiger charge is 2.58. The first kappa shape index (κ1) is 26.2. The maximum absolute atomic E-state index is 14.1. The number of aromatic nitrogens is 3. The van der Waals surface area contributed by atoms with Crippen molar-refractivity contribution in [3.05, 3.63) is 77.6 Å². The number of carbonyl (C=O) groups excluding carboxylic acids is 1. The molecular weight excluding hydrogens is 493 g/mol. The molecule has 0 aliphatic carbocycles. The lowest BCUT2D eigenvalue weighted by Crippen LogP contribution is -2.59. The molecule has 0 aliphatic heterocycles. The lowest BCUT2D eigenvalue weighted by atomic mass is 10.0. The zero-order valence-corrected chi connectivity index (χ0v) is 18.1. The molecule has 3 rings (SSSR count). The third kappa shape index (κ3) is 5.80. The number of carbonyl (C=O) groups is 1. The first-order chi connectivity index (χ1) is 16.9. The molecule has 190 valence electrons. The van der Waals surface area contributed by atoms with E-state index >= 15 is 0 Å². The highest BCUT2D eigenvalue weighted by atomic mass is 19.4. The number of nitrogens with one attached hydrogen (secondary N) is 3. The van der Waals surface area contributed by atoms with Gasteiger partial charge in [-0.1, -0.05) is 23.4 Å². The predicted molar refractivity (Wildman–Crippen MR) is 115 cm³/mol. The van der Waals surface area contributed by atoms with Gasteiger partial charge in [-0.05, 0) is 12.1 Å². The Labute approximate surface area is 199 Å². The summed E-state index contributed by atoms with van der Waals surface area (Å²) >= 11 is 0. The van der Waals surface area contributed by atoms with Crippen molar-refractivity contribution < 1.29 is 36.4 Å². The van der Waals surface area contributed by atoms with E-state index in [4.69, 9.17) is 9.93 Å². The summed E-state index contributed by atoms with van der Waals surface area (Å²) in [5, 5.41) is 26.4. The van der Waals surface area contributed by atoms with E-state index in [0.717, 1.165) is 6.08 Å². The van der Waals surface area contributed by atoms with Crippen LogP contribution in [0.5, 0.6) is 0 Å². The van der Waals surface area contributed by atoms with Crippen LogP contribution >= 0.6 is 0 Å². The molecule has 0 saturated heterocycles. The highest BCUT2D eigenvalue weighted by molar-refractivity contribution is 6.07. The van der Waals surface area contributed by atoms with Crippen molar-refractivity contribution in [3.63, 3.8) is 0 Å². The molecule has 1 atom stereocenters. The zero-order chi connectivity index (χ0) is 26.5. The van der Waals surface area contributed by atoms with Gasteiger partial charge in [0.05, 0.1) is 18.4 Å². The van der Waals surface area contributed by atoms with Gasteiger partial charge in [-0.15, -0.1) is 0 Å². The molecular formula is C21H18F5N7O3. The summed E-state index contributed by atoms with van der Waals surface area (Å²) in [7, 11) is 0. The normalized spacial score (nSPS) is 13.7. The van der Waals surface area contributed by atoms with Gasteiger partial charge in [0.25, 0.3) is 11.5 Å². The second-order valence-electron chi connectivity index (χ2n) is 7.27. The van der Waals surface area contributed by atoms with Crippen LogP contribution < -0.4 is 16.4 Å². The standard InChI is InChI=1S/C21H18F5N7O3/c22-12-4-2-1-3-11(12)8-29-16(15-5-6-36-33-15)7-14(27)18-30-9-13(23)17(32-18)31-10-20(35,19(28)34)21(24,25)26/h1-7,9,27,29,35H,8,10H2,(H2,28,34)(H,30,31,32)/b16-7-,27-14?/t20-/m1/s1. The van der Waals surface area contributed by atoms with Crippen LogP contribution in [-0.4, -0.2) is 50.2 Å². The van der Waals surface area contributed by atoms with Crippen LogP contribution in [-0.2, 0) is 11.3 Å². The molecule has 6 N–H and O–H groups in total. The molecule has 2 heterocycles. The molecule has 1 aromatic carbocycles. The Kier molecular flexibility index (Phi) is 7.62. The fraction of sp³-hybridized carbons (Fsp3) is 0.190. The number of hydrogen-bond acceptors (Lipinski definition) is 9. The van der Waals surface area contributed by atoms with Gasteiger partial charge in [-0.3, -0.25) is 10.2 Å². The van der Waals surface area contributed by atoms with Crippen molar-refractivity contribution in [1.29, 1.82) is 5.41 Å². The van der Waals surface area contributed by atoms with Crippen LogP contribution in [0.25, 0.3) is 5.70 Å². The maximum atomic E-state index is 14.1. The number of hydrogen-bond donors (Lipinski definition) is 5. The van der Waals surface area contributed by atoms with Gasteiger partial charge >= 0.3 is 6.18 Å². The zero-order valence-electron chi connectivity index (χ0n) is 18.1. The Morgan fingerprint density at radius 1 is 1.19 bits per heavy atom. The number of anilines is 1. The summed E-state index contributed by atoms with van der Waals surface area (Å²) in [6, 6.07) is 7.37. The minimum atomic E-state index is -5.45. The first-order valence-corrected chi connectivity index (χ1v) is 9.96. The van der Waals surface area contributed by atoms with Crippen LogP contribution in [0.3, 0.4) is 0 Å². The van der Waals surface area contributed by atoms with Crippen molar-refractivity contribution >= 4 is 23.1 Å². The SMILES string of the molecule is N=C(/C=C(\NCc1ccccc1F)c1ccon1)c1ncc(F)c(NC[C@@](O)(C(N)=O)C(F)(F)F)n1. The number of allylic oxidation sites excluding steroid dienone is 1. The molecule has 10 nitrogen and oxygen atoms in total. The minimum Gasteiger partial charge on any atom is -0.379 e. The van der Waals surface area contributed by atoms with Crippen LogP contribution in [0.15, 0.2) is 53.4 Å². The Morgan fingerprint density at radius 3 is 2.53 bits per heavy atom. The number of halogens is 5. The molecule has 2 aromatic heterocycles. The molecule has 0 bridgehead atoms. The van der Waals surface area contributed by atoms with Gasteiger partial charge in [0.2, 0.25) is 0 Å². The summed E-state index contributed by atoms with van der Waals surface area (Å²) < 4.78 is 72.0. The van der Waals surface area contributed by atoms with Crippen molar-refractivity contribution in [1.82, 2.24) is 20.4 Å². The Hall–Kier alpha value is -4.40. The van der Waals surface area contributed by atoms with Crippen LogP contribution in [0, 0.1) is 17.0 Å². The van der Waals surface area contributed by atoms with E-state index in [1.54, 1.807) is 6.07 Å². The molecule has 0 saturated carbocycles. The number of primary amides is 1. The molecule has 0 unspecified atom stereocenters. The number of rotatable bonds is 10. The number of amides is 1. The molecule has 1 amide bonds. The monoisotopic (exact) mass is 511 g/mol. The van der Waals surface area contributed by atoms with E-state index in [1.165, 1.54) is 30.5 Å². The summed E-state index contributed by atoms with van der Waals surface area (Å²) in [6.45, 7) is -1.56. The molecule has 0 radical (unpaired) electrons. The second kappa shape index (κ2) is 10.5. The largest absolute Gasteiger partial charge is 0.428 e. The number of nitrogens with two attached hydrogens (primary N) is 1. The Bertz CT molecular complexity index is 1280. The number of benzene rings is 1. The molecule has 3 aromatic rings. The number of nitrogens with zero attached hydrogens (tertiary/aromatic N) is 3. The lowest BCUT2D eigenvalue weighted by molar-refractivity contribution is -0.245. The van der Waals surface area contributed by atoms with E-state index in [0.29, 0.717) is 11.8 Å². The van der Waals surface area contributed by atoms with E-state index in [9.17, 15) is 31.9 Å². The van der Waals surface area contributed by atoms with Gasteiger partial charge in [0.15, 0.2) is 17.5 Å². The summed E-state index contributed by atoms with van der Waals surface area (Å²) in [5.74, 6) is -5.08. The van der Waals surface area contributed by atoms with Crippen molar-refractivity contribution in [3.8, 4) is 0 Å². The topological polar surface area (TPSA) is 163 Å². The summed E-state index contributed by atoms with van der Waals surface area (Å²) in [5.41, 5.74) is 0.888. The molecule has 0 aliphatic rings. The molecule has 36 heavy (non-hydrogen) atoms. The fourth-order valence-corrected chi connectivity index (χ4v) is 2.77. The Morgan fingerprint density at radius 2 is 1.92 bits per heavy atom. The van der Waals surface area contributed by atoms with E-state index in [2.05, 4.69) is 26.2 Å². The smallest absolute Gasteiger partial charge is 0.379 e. The van der Waals surface area contributed by atoms with Crippen molar-refractivity contribution in [2.24, 2.45) is 5.73 Å². The molecule has 0 spiro atoms. The highest BCUT2D eigenvalue weighted by Crippen LogP contribution is 2.30. The van der Waals surface area contributed by atoms with E-state index < -0.39 is 53.2 Å². The molecule has 0 fully saturated rings. The van der Waals surface area contributed by atoms with Gasteiger partial charge in [0, 0.05) is 18.2 Å². The van der Waals surface area contributed by atoms with Crippen LogP contribution in [0.2, 0.25) is 0 Å². The summed E-state index contributed by atoms with van der Waals surface area (Å²) in [6.07, 6.45) is -2.48. The molecule has 15 heteroatoms. The van der Waals surface area contributed by atoms with Gasteiger partial charge < -0.3 is 26.0 Å². The van der Waals surface area contributed by atoms with Gasteiger partial charge in [-0.25, -0.2) is 18.7 Å². The average molecular weight is 511 g/mol. The fourth-order valence-electron chi connectivity index (χ4n) is 2.77. The average Bonchev–Trinajstić information content (AvgIpc) is 3.35. The summed E-state index contributed by atoms with van der Waals surface area (Å²) in [4.78, 5) is 18.5. The minimum absolute atomic E-state index is 0.0150. The maximum Gasteiger partial charge on any atom is 0.428 e. The van der Waals surface area contributed by atoms with Crippen molar-refractivity contribution in [2.45, 2.75) is 18.3 Å². The van der Waals surface area contributed by atoms with E-state index in [-0.39, 0.29) is 17.9 Å². The van der Waals surface area contributed by atoms with Crippen LogP contribution in [0.4, 0.5) is 27.8 Å².